The van der Waals surface area contributed by atoms with Crippen LogP contribution in [-0.2, 0) is 20.8 Å². The van der Waals surface area contributed by atoms with Crippen molar-refractivity contribution in [2.24, 2.45) is 0 Å². The summed E-state index contributed by atoms with van der Waals surface area (Å²) in [6, 6.07) is 3.12. The molecule has 0 bridgehead atoms. The smallest absolute Gasteiger partial charge is 0.243 e. The molecule has 0 atom stereocenters. The van der Waals surface area contributed by atoms with Gasteiger partial charge in [0, 0.05) is 34.0 Å². The summed E-state index contributed by atoms with van der Waals surface area (Å²) in [6.45, 7) is 0. The van der Waals surface area contributed by atoms with E-state index in [1.807, 2.05) is 0 Å². The van der Waals surface area contributed by atoms with Crippen LogP contribution in [0.4, 0.5) is 10.1 Å². The zero-order valence-corrected chi connectivity index (χ0v) is 11.8. The highest BCUT2D eigenvalue weighted by molar-refractivity contribution is 7.89. The standard InChI is InChI=1S/C11H15FN2O3S2/c12-10-2-1-8(13)7-11(10)19(16,17)14-9-3-5-18(15)6-4-9/h1-2,7,9,14H,3-6,13H2. The van der Waals surface area contributed by atoms with Crippen LogP contribution < -0.4 is 10.5 Å². The van der Waals surface area contributed by atoms with E-state index >= 15 is 0 Å². The monoisotopic (exact) mass is 306 g/mol. The highest BCUT2D eigenvalue weighted by Gasteiger charge is 2.26. The molecule has 1 aliphatic heterocycles. The summed E-state index contributed by atoms with van der Waals surface area (Å²) >= 11 is 0. The number of hydrogen-bond acceptors (Lipinski definition) is 4. The molecule has 0 aromatic heterocycles. The molecule has 8 heteroatoms. The zero-order valence-electron chi connectivity index (χ0n) is 10.1. The van der Waals surface area contributed by atoms with Crippen LogP contribution in [0.25, 0.3) is 0 Å². The molecule has 0 spiro atoms. The third-order valence-electron chi connectivity index (χ3n) is 2.95. The van der Waals surface area contributed by atoms with Gasteiger partial charge < -0.3 is 5.73 Å². The molecule has 1 fully saturated rings. The van der Waals surface area contributed by atoms with Gasteiger partial charge in [-0.15, -0.1) is 0 Å². The number of nitrogens with one attached hydrogen (secondary N) is 1. The van der Waals surface area contributed by atoms with Crippen molar-refractivity contribution in [1.82, 2.24) is 4.72 Å². The lowest BCUT2D eigenvalue weighted by Crippen LogP contribution is -2.39. The van der Waals surface area contributed by atoms with E-state index in [4.69, 9.17) is 5.73 Å². The van der Waals surface area contributed by atoms with Crippen LogP contribution in [0.5, 0.6) is 0 Å². The van der Waals surface area contributed by atoms with E-state index in [0.717, 1.165) is 12.1 Å². The van der Waals surface area contributed by atoms with Crippen molar-refractivity contribution < 1.29 is 17.0 Å². The molecule has 106 valence electrons. The van der Waals surface area contributed by atoms with Crippen molar-refractivity contribution in [2.45, 2.75) is 23.8 Å². The maximum atomic E-state index is 13.6. The SMILES string of the molecule is Nc1ccc(F)c(S(=O)(=O)NC2CCS(=O)CC2)c1. The third-order valence-corrected chi connectivity index (χ3v) is 5.87. The molecule has 0 saturated carbocycles. The van der Waals surface area contributed by atoms with Crippen LogP contribution >= 0.6 is 0 Å². The Morgan fingerprint density at radius 2 is 1.95 bits per heavy atom. The van der Waals surface area contributed by atoms with Gasteiger partial charge in [-0.2, -0.15) is 0 Å². The minimum absolute atomic E-state index is 0.187. The lowest BCUT2D eigenvalue weighted by atomic mass is 10.2. The molecule has 0 aliphatic carbocycles. The number of anilines is 1. The molecule has 0 radical (unpaired) electrons. The van der Waals surface area contributed by atoms with Gasteiger partial charge in [0.05, 0.1) is 0 Å². The highest BCUT2D eigenvalue weighted by atomic mass is 32.2. The van der Waals surface area contributed by atoms with E-state index in [0.29, 0.717) is 24.3 Å². The van der Waals surface area contributed by atoms with Gasteiger partial charge in [0.2, 0.25) is 10.0 Å². The number of hydrogen-bond donors (Lipinski definition) is 2. The van der Waals surface area contributed by atoms with Crippen LogP contribution in [0.3, 0.4) is 0 Å². The first-order valence-electron chi connectivity index (χ1n) is 5.81. The molecular formula is C11H15FN2O3S2. The second-order valence-electron chi connectivity index (χ2n) is 4.43. The van der Waals surface area contributed by atoms with Crippen molar-refractivity contribution in [3.63, 3.8) is 0 Å². The van der Waals surface area contributed by atoms with Gasteiger partial charge in [-0.1, -0.05) is 0 Å². The number of nitrogens with two attached hydrogens (primary N) is 1. The van der Waals surface area contributed by atoms with Gasteiger partial charge in [-0.3, -0.25) is 4.21 Å². The van der Waals surface area contributed by atoms with Crippen molar-refractivity contribution >= 4 is 26.5 Å². The lowest BCUT2D eigenvalue weighted by Gasteiger charge is -2.22. The molecule has 1 saturated heterocycles. The van der Waals surface area contributed by atoms with Crippen LogP contribution in [0, 0.1) is 5.82 Å². The van der Waals surface area contributed by atoms with Crippen LogP contribution in [0.1, 0.15) is 12.8 Å². The fraction of sp³-hybridized carbons (Fsp3) is 0.455. The molecule has 1 heterocycles. The minimum Gasteiger partial charge on any atom is -0.399 e. The van der Waals surface area contributed by atoms with Gasteiger partial charge in [-0.05, 0) is 31.0 Å². The van der Waals surface area contributed by atoms with Crippen LogP contribution in [0.15, 0.2) is 23.1 Å². The van der Waals surface area contributed by atoms with E-state index < -0.39 is 31.5 Å². The maximum Gasteiger partial charge on any atom is 0.243 e. The maximum absolute atomic E-state index is 13.6. The summed E-state index contributed by atoms with van der Waals surface area (Å²) in [5.41, 5.74) is 5.66. The number of rotatable bonds is 3. The third kappa shape index (κ3) is 3.52. The first-order chi connectivity index (χ1) is 8.88. The Morgan fingerprint density at radius 3 is 2.58 bits per heavy atom. The van der Waals surface area contributed by atoms with Crippen molar-refractivity contribution in [1.29, 1.82) is 0 Å². The number of benzene rings is 1. The number of nitrogen functional groups attached to an aromatic ring is 1. The van der Waals surface area contributed by atoms with Crippen molar-refractivity contribution in [3.05, 3.63) is 24.0 Å². The fourth-order valence-corrected chi connectivity index (χ4v) is 4.64. The molecule has 1 aromatic carbocycles. The first-order valence-corrected chi connectivity index (χ1v) is 8.78. The summed E-state index contributed by atoms with van der Waals surface area (Å²) < 4.78 is 51.3. The summed E-state index contributed by atoms with van der Waals surface area (Å²) in [5, 5.41) is 0. The largest absolute Gasteiger partial charge is 0.399 e. The Labute approximate surface area is 113 Å². The van der Waals surface area contributed by atoms with Gasteiger partial charge >= 0.3 is 0 Å². The average Bonchev–Trinajstić information content (AvgIpc) is 2.35. The molecule has 19 heavy (non-hydrogen) atoms. The molecule has 0 unspecified atom stereocenters. The predicted molar refractivity (Wildman–Crippen MR) is 72.0 cm³/mol. The molecule has 5 nitrogen and oxygen atoms in total. The Balaban J connectivity index is 2.18. The van der Waals surface area contributed by atoms with E-state index in [1.165, 1.54) is 6.07 Å². The minimum atomic E-state index is -3.93. The quantitative estimate of drug-likeness (QED) is 0.800. The Morgan fingerprint density at radius 1 is 1.32 bits per heavy atom. The van der Waals surface area contributed by atoms with Crippen molar-refractivity contribution in [3.8, 4) is 0 Å². The molecular weight excluding hydrogens is 291 g/mol. The second kappa shape index (κ2) is 5.56. The van der Waals surface area contributed by atoms with E-state index in [9.17, 15) is 17.0 Å². The van der Waals surface area contributed by atoms with Gasteiger partial charge in [0.25, 0.3) is 0 Å². The molecule has 1 aliphatic rings. The molecule has 3 N–H and O–H groups in total. The van der Waals surface area contributed by atoms with Gasteiger partial charge in [0.1, 0.15) is 10.7 Å². The average molecular weight is 306 g/mol. The van der Waals surface area contributed by atoms with Crippen molar-refractivity contribution in [2.75, 3.05) is 17.2 Å². The topological polar surface area (TPSA) is 89.3 Å². The lowest BCUT2D eigenvalue weighted by molar-refractivity contribution is 0.514. The summed E-state index contributed by atoms with van der Waals surface area (Å²) in [5.74, 6) is 0.0974. The van der Waals surface area contributed by atoms with Crippen LogP contribution in [-0.4, -0.2) is 30.2 Å². The predicted octanol–water partition coefficient (Wildman–Crippen LogP) is 0.597. The highest BCUT2D eigenvalue weighted by Crippen LogP contribution is 2.19. The normalized spacial score (nSPS) is 24.3. The summed E-state index contributed by atoms with van der Waals surface area (Å²) in [4.78, 5) is -0.445. The van der Waals surface area contributed by atoms with E-state index in [1.54, 1.807) is 0 Å². The molecule has 1 aromatic rings. The second-order valence-corrected chi connectivity index (χ2v) is 7.81. The fourth-order valence-electron chi connectivity index (χ4n) is 1.92. The Kier molecular flexibility index (Phi) is 4.22. The Hall–Kier alpha value is -0.990. The summed E-state index contributed by atoms with van der Waals surface area (Å²) in [6.07, 6.45) is 0.992. The van der Waals surface area contributed by atoms with Crippen LogP contribution in [0.2, 0.25) is 0 Å². The number of halogens is 1. The van der Waals surface area contributed by atoms with E-state index in [-0.39, 0.29) is 11.7 Å². The zero-order chi connectivity index (χ0) is 14.0. The van der Waals surface area contributed by atoms with Gasteiger partial charge in [-0.25, -0.2) is 17.5 Å². The molecule has 2 rings (SSSR count). The Bertz CT molecular complexity index is 594. The first kappa shape index (κ1) is 14.4. The van der Waals surface area contributed by atoms with E-state index in [2.05, 4.69) is 4.72 Å². The molecule has 0 amide bonds. The van der Waals surface area contributed by atoms with Gasteiger partial charge in [0.15, 0.2) is 0 Å². The summed E-state index contributed by atoms with van der Waals surface area (Å²) in [7, 11) is -4.81. The number of sulfonamides is 1.